The number of aliphatic carboxylic acids is 2. The molecule has 1 aromatic heterocycles. The van der Waals surface area contributed by atoms with Gasteiger partial charge in [-0.1, -0.05) is 36.4 Å². The molecule has 2 unspecified atom stereocenters. The molecule has 0 saturated heterocycles. The molecule has 0 spiro atoms. The zero-order valence-electron chi connectivity index (χ0n) is 16.2. The Labute approximate surface area is 189 Å². The van der Waals surface area contributed by atoms with Crippen molar-refractivity contribution in [1.29, 1.82) is 0 Å². The summed E-state index contributed by atoms with van der Waals surface area (Å²) in [6.45, 7) is 0. The Morgan fingerprint density at radius 3 is 2.06 bits per heavy atom. The predicted molar refractivity (Wildman–Crippen MR) is 121 cm³/mol. The fourth-order valence-corrected chi connectivity index (χ4v) is 3.29. The van der Waals surface area contributed by atoms with Gasteiger partial charge in [0.2, 0.25) is 0 Å². The van der Waals surface area contributed by atoms with Crippen molar-refractivity contribution >= 4 is 47.7 Å². The van der Waals surface area contributed by atoms with Gasteiger partial charge in [-0.3, -0.25) is 14.4 Å². The van der Waals surface area contributed by atoms with Crippen LogP contribution in [0.1, 0.15) is 36.1 Å². The van der Waals surface area contributed by atoms with Crippen molar-refractivity contribution in [1.82, 2.24) is 0 Å². The lowest BCUT2D eigenvalue weighted by molar-refractivity contribution is -0.138. The zero-order valence-corrected chi connectivity index (χ0v) is 17.8. The lowest BCUT2D eigenvalue weighted by Gasteiger charge is -2.20. The molecule has 0 amide bonds. The van der Waals surface area contributed by atoms with E-state index in [9.17, 15) is 19.5 Å². The molecule has 166 valence electrons. The van der Waals surface area contributed by atoms with Crippen molar-refractivity contribution in [3.05, 3.63) is 69.9 Å². The number of hydrogen-bond acceptors (Lipinski definition) is 6. The molecule has 10 heteroatoms. The van der Waals surface area contributed by atoms with Gasteiger partial charge in [-0.2, -0.15) is 0 Å². The molecule has 2 atom stereocenters. The Morgan fingerprint density at radius 1 is 0.903 bits per heavy atom. The van der Waals surface area contributed by atoms with Crippen molar-refractivity contribution in [2.45, 2.75) is 24.9 Å². The topological polar surface area (TPSA) is 157 Å². The highest BCUT2D eigenvalue weighted by Crippen LogP contribution is 2.33. The predicted octanol–water partition coefficient (Wildman–Crippen LogP) is 3.25. The average Bonchev–Trinajstić information content (AvgIpc) is 2.66. The number of carbonyl (C=O) groups is 2. The fraction of sp³-hybridized carbons (Fsp3) is 0.190. The van der Waals surface area contributed by atoms with Crippen LogP contribution in [0.25, 0.3) is 22.3 Å². The number of carboxylic acids is 2. The van der Waals surface area contributed by atoms with E-state index in [1.807, 2.05) is 6.07 Å². The number of benzene rings is 2. The van der Waals surface area contributed by atoms with Gasteiger partial charge < -0.3 is 26.1 Å². The molecule has 0 bridgehead atoms. The second kappa shape index (κ2) is 10.9. The van der Waals surface area contributed by atoms with Crippen LogP contribution in [0.3, 0.4) is 0 Å². The van der Waals surface area contributed by atoms with E-state index in [4.69, 9.17) is 21.0 Å². The van der Waals surface area contributed by atoms with Crippen molar-refractivity contribution in [2.75, 3.05) is 0 Å². The maximum absolute atomic E-state index is 12.7. The van der Waals surface area contributed by atoms with E-state index in [1.54, 1.807) is 24.3 Å². The summed E-state index contributed by atoms with van der Waals surface area (Å²) in [7, 11) is 0. The molecule has 3 aromatic rings. The fourth-order valence-electron chi connectivity index (χ4n) is 3.29. The van der Waals surface area contributed by atoms with E-state index in [-0.39, 0.29) is 59.0 Å². The SMILES string of the molecule is Cl.Cl.NC(CC(=O)O)c1ccc2c(=O)cc(-c3ccccc3)oc2c1C(N)CC(=O)O. The largest absolute Gasteiger partial charge is 0.481 e. The number of rotatable bonds is 7. The molecular weight excluding hydrogens is 447 g/mol. The molecule has 6 N–H and O–H groups in total. The van der Waals surface area contributed by atoms with Gasteiger partial charge in [-0.05, 0) is 11.6 Å². The summed E-state index contributed by atoms with van der Waals surface area (Å²) >= 11 is 0. The maximum atomic E-state index is 12.7. The number of hydrogen-bond donors (Lipinski definition) is 4. The summed E-state index contributed by atoms with van der Waals surface area (Å²) in [6, 6.07) is 11.3. The maximum Gasteiger partial charge on any atom is 0.305 e. The van der Waals surface area contributed by atoms with Crippen LogP contribution in [0.15, 0.2) is 57.7 Å². The highest BCUT2D eigenvalue weighted by molar-refractivity contribution is 5.86. The molecule has 2 aromatic carbocycles. The van der Waals surface area contributed by atoms with Crippen LogP contribution in [0.4, 0.5) is 0 Å². The van der Waals surface area contributed by atoms with Gasteiger partial charge in [0.05, 0.1) is 18.2 Å². The third kappa shape index (κ3) is 5.83. The summed E-state index contributed by atoms with van der Waals surface area (Å²) in [6.07, 6.45) is -0.827. The molecule has 0 aliphatic carbocycles. The second-order valence-electron chi connectivity index (χ2n) is 6.69. The van der Waals surface area contributed by atoms with E-state index in [0.29, 0.717) is 11.1 Å². The van der Waals surface area contributed by atoms with E-state index < -0.39 is 30.4 Å². The van der Waals surface area contributed by atoms with Crippen LogP contribution in [0.2, 0.25) is 0 Å². The Hall–Kier alpha value is -2.91. The molecule has 31 heavy (non-hydrogen) atoms. The van der Waals surface area contributed by atoms with Gasteiger partial charge in [0.15, 0.2) is 5.43 Å². The Bertz CT molecular complexity index is 1130. The summed E-state index contributed by atoms with van der Waals surface area (Å²) in [5, 5.41) is 18.5. The van der Waals surface area contributed by atoms with Crippen LogP contribution in [0.5, 0.6) is 0 Å². The average molecular weight is 469 g/mol. The molecular formula is C21H22Cl2N2O6. The van der Waals surface area contributed by atoms with Gasteiger partial charge in [0.1, 0.15) is 11.3 Å². The van der Waals surface area contributed by atoms with E-state index in [1.165, 1.54) is 18.2 Å². The third-order valence-electron chi connectivity index (χ3n) is 4.59. The smallest absolute Gasteiger partial charge is 0.305 e. The number of carboxylic acid groups (broad SMARTS) is 2. The lowest BCUT2D eigenvalue weighted by Crippen LogP contribution is -2.23. The third-order valence-corrected chi connectivity index (χ3v) is 4.59. The highest BCUT2D eigenvalue weighted by atomic mass is 35.5. The minimum absolute atomic E-state index is 0. The summed E-state index contributed by atoms with van der Waals surface area (Å²) in [5.74, 6) is -1.97. The van der Waals surface area contributed by atoms with E-state index >= 15 is 0 Å². The van der Waals surface area contributed by atoms with Gasteiger partial charge in [-0.15, -0.1) is 24.8 Å². The summed E-state index contributed by atoms with van der Waals surface area (Å²) < 4.78 is 5.98. The van der Waals surface area contributed by atoms with Crippen LogP contribution in [-0.2, 0) is 9.59 Å². The quantitative estimate of drug-likeness (QED) is 0.411. The Kier molecular flexibility index (Phi) is 9.20. The number of halogens is 2. The van der Waals surface area contributed by atoms with Crippen molar-refractivity contribution in [3.63, 3.8) is 0 Å². The van der Waals surface area contributed by atoms with Gasteiger partial charge in [0, 0.05) is 29.3 Å². The van der Waals surface area contributed by atoms with Crippen molar-refractivity contribution < 1.29 is 24.2 Å². The molecule has 3 rings (SSSR count). The van der Waals surface area contributed by atoms with Gasteiger partial charge >= 0.3 is 11.9 Å². The second-order valence-corrected chi connectivity index (χ2v) is 6.69. The Morgan fingerprint density at radius 2 is 1.48 bits per heavy atom. The highest BCUT2D eigenvalue weighted by Gasteiger charge is 2.25. The zero-order chi connectivity index (χ0) is 21.1. The molecule has 0 aliphatic heterocycles. The van der Waals surface area contributed by atoms with E-state index in [2.05, 4.69) is 0 Å². The normalized spacial score (nSPS) is 12.3. The van der Waals surface area contributed by atoms with Crippen LogP contribution < -0.4 is 16.9 Å². The number of fused-ring (bicyclic) bond motifs is 1. The first-order valence-electron chi connectivity index (χ1n) is 8.88. The number of nitrogens with two attached hydrogens (primary N) is 2. The summed E-state index contributed by atoms with van der Waals surface area (Å²) in [4.78, 5) is 35.0. The molecule has 8 nitrogen and oxygen atoms in total. The minimum atomic E-state index is -1.14. The first kappa shape index (κ1) is 26.1. The van der Waals surface area contributed by atoms with Crippen molar-refractivity contribution in [2.24, 2.45) is 11.5 Å². The van der Waals surface area contributed by atoms with Crippen LogP contribution in [0, 0.1) is 0 Å². The standard InChI is InChI=1S/C21H20N2O6.2ClH/c22-14(8-18(25)26)12-6-7-13-16(24)10-17(11-4-2-1-3-5-11)29-21(13)20(12)15(23)9-19(27)28;;/h1-7,10,14-15H,8-9,22-23H2,(H,25,26)(H,27,28);2*1H. The molecule has 0 radical (unpaired) electrons. The van der Waals surface area contributed by atoms with Crippen molar-refractivity contribution in [3.8, 4) is 11.3 Å². The first-order valence-corrected chi connectivity index (χ1v) is 8.88. The lowest BCUT2D eigenvalue weighted by atomic mass is 9.90. The molecule has 0 saturated carbocycles. The monoisotopic (exact) mass is 468 g/mol. The summed E-state index contributed by atoms with van der Waals surface area (Å²) in [5.41, 5.74) is 13.2. The Balaban J connectivity index is 0.00000240. The molecule has 0 fully saturated rings. The molecule has 0 aliphatic rings. The van der Waals surface area contributed by atoms with Gasteiger partial charge in [0.25, 0.3) is 0 Å². The molecule has 1 heterocycles. The van der Waals surface area contributed by atoms with Crippen LogP contribution >= 0.6 is 24.8 Å². The van der Waals surface area contributed by atoms with Crippen LogP contribution in [-0.4, -0.2) is 22.2 Å². The van der Waals surface area contributed by atoms with Gasteiger partial charge in [-0.25, -0.2) is 0 Å². The first-order chi connectivity index (χ1) is 13.8. The minimum Gasteiger partial charge on any atom is -0.481 e. The van der Waals surface area contributed by atoms with E-state index in [0.717, 1.165) is 0 Å².